The van der Waals surface area contributed by atoms with Crippen molar-refractivity contribution in [3.63, 3.8) is 0 Å². The third-order valence-electron chi connectivity index (χ3n) is 6.90. The molecule has 0 saturated heterocycles. The van der Waals surface area contributed by atoms with Crippen molar-refractivity contribution in [3.05, 3.63) is 132 Å². The lowest BCUT2D eigenvalue weighted by molar-refractivity contribution is -0.697. The number of carbonyl (C=O) groups is 2. The van der Waals surface area contributed by atoms with Crippen LogP contribution in [0.1, 0.15) is 83.2 Å². The molecule has 2 aromatic heterocycles. The molecule has 4 aromatic rings. The predicted octanol–water partition coefficient (Wildman–Crippen LogP) is 6.54. The van der Waals surface area contributed by atoms with Crippen LogP contribution in [0.3, 0.4) is 0 Å². The molecule has 0 aliphatic rings. The van der Waals surface area contributed by atoms with Gasteiger partial charge in [-0.3, -0.25) is 9.59 Å². The second-order valence-corrected chi connectivity index (χ2v) is 9.88. The molecule has 0 radical (unpaired) electrons. The van der Waals surface area contributed by atoms with Crippen molar-refractivity contribution in [1.82, 2.24) is 0 Å². The fourth-order valence-electron chi connectivity index (χ4n) is 4.75. The van der Waals surface area contributed by atoms with Crippen molar-refractivity contribution >= 4 is 11.6 Å². The van der Waals surface area contributed by atoms with Gasteiger partial charge in [0.2, 0.25) is 0 Å². The van der Waals surface area contributed by atoms with E-state index in [9.17, 15) is 9.59 Å². The van der Waals surface area contributed by atoms with Gasteiger partial charge in [-0.1, -0.05) is 86.3 Å². The van der Waals surface area contributed by atoms with Crippen LogP contribution in [0, 0.1) is 0 Å². The maximum atomic E-state index is 12.7. The van der Waals surface area contributed by atoms with Gasteiger partial charge in [-0.25, -0.2) is 9.13 Å². The van der Waals surface area contributed by atoms with E-state index in [1.807, 2.05) is 110 Å². The van der Waals surface area contributed by atoms with E-state index in [2.05, 4.69) is 9.13 Å². The van der Waals surface area contributed by atoms with E-state index < -0.39 is 0 Å². The predicted molar refractivity (Wildman–Crippen MR) is 150 cm³/mol. The Kier molecular flexibility index (Phi) is 10.5. The highest BCUT2D eigenvalue weighted by Gasteiger charge is 2.13. The van der Waals surface area contributed by atoms with Crippen LogP contribution >= 0.6 is 0 Å². The zero-order valence-corrected chi connectivity index (χ0v) is 22.2. The van der Waals surface area contributed by atoms with Crippen LogP contribution in [0.25, 0.3) is 0 Å². The Hall–Kier alpha value is -3.92. The number of aromatic nitrogens is 2. The number of ketones is 2. The smallest absolute Gasteiger partial charge is 0.199 e. The Bertz CT molecular complexity index is 1200. The van der Waals surface area contributed by atoms with Crippen molar-refractivity contribution in [2.45, 2.75) is 64.5 Å². The standard InChI is InChI=1S/C34H38N2O2/c37-33(29-17-9-7-10-18-29)31-21-15-25-35(27-31)23-13-5-3-1-2-4-6-14-24-36-26-16-22-32(28-36)34(38)30-19-11-8-12-20-30/h7-12,15-22,25-28H,1-6,13-14,23-24H2/q+2. The summed E-state index contributed by atoms with van der Waals surface area (Å²) in [6.45, 7) is 1.89. The molecule has 38 heavy (non-hydrogen) atoms. The number of benzene rings is 2. The minimum Gasteiger partial charge on any atom is -0.288 e. The number of aryl methyl sites for hydroxylation is 2. The van der Waals surface area contributed by atoms with Crippen LogP contribution in [0.15, 0.2) is 110 Å². The minimum absolute atomic E-state index is 0.0757. The number of pyridine rings is 2. The molecule has 0 atom stereocenters. The second-order valence-electron chi connectivity index (χ2n) is 9.88. The summed E-state index contributed by atoms with van der Waals surface area (Å²) in [6, 6.07) is 26.6. The van der Waals surface area contributed by atoms with Gasteiger partial charge < -0.3 is 0 Å². The molecule has 0 aliphatic heterocycles. The lowest BCUT2D eigenvalue weighted by Crippen LogP contribution is -2.33. The van der Waals surface area contributed by atoms with Crippen molar-refractivity contribution in [3.8, 4) is 0 Å². The molecule has 0 saturated carbocycles. The molecule has 0 amide bonds. The molecule has 0 spiro atoms. The highest BCUT2D eigenvalue weighted by Crippen LogP contribution is 2.11. The highest BCUT2D eigenvalue weighted by atomic mass is 16.1. The monoisotopic (exact) mass is 506 g/mol. The lowest BCUT2D eigenvalue weighted by Gasteiger charge is -2.03. The zero-order chi connectivity index (χ0) is 26.4. The van der Waals surface area contributed by atoms with Gasteiger partial charge in [0.25, 0.3) is 0 Å². The van der Waals surface area contributed by atoms with E-state index in [4.69, 9.17) is 0 Å². The Morgan fingerprint density at radius 3 is 1.16 bits per heavy atom. The van der Waals surface area contributed by atoms with Gasteiger partial charge in [-0.15, -0.1) is 0 Å². The van der Waals surface area contributed by atoms with Gasteiger partial charge in [-0.05, 0) is 25.0 Å². The third-order valence-corrected chi connectivity index (χ3v) is 6.90. The molecule has 0 unspecified atom stereocenters. The molecule has 0 bridgehead atoms. The molecule has 0 aliphatic carbocycles. The van der Waals surface area contributed by atoms with Gasteiger partial charge in [0, 0.05) is 36.1 Å². The van der Waals surface area contributed by atoms with Gasteiger partial charge in [0.1, 0.15) is 13.1 Å². The summed E-state index contributed by atoms with van der Waals surface area (Å²) in [5.41, 5.74) is 2.95. The summed E-state index contributed by atoms with van der Waals surface area (Å²) in [6.07, 6.45) is 17.8. The normalized spacial score (nSPS) is 10.8. The van der Waals surface area contributed by atoms with Crippen molar-refractivity contribution in [1.29, 1.82) is 0 Å². The van der Waals surface area contributed by atoms with Crippen LogP contribution in [-0.2, 0) is 13.1 Å². The minimum atomic E-state index is 0.0757. The summed E-state index contributed by atoms with van der Waals surface area (Å²) in [5, 5.41) is 0. The Morgan fingerprint density at radius 1 is 0.421 bits per heavy atom. The maximum Gasteiger partial charge on any atom is 0.199 e. The summed E-state index contributed by atoms with van der Waals surface area (Å²) < 4.78 is 4.27. The third kappa shape index (κ3) is 8.31. The number of carbonyl (C=O) groups excluding carboxylic acids is 2. The van der Waals surface area contributed by atoms with Crippen LogP contribution in [-0.4, -0.2) is 11.6 Å². The first kappa shape index (κ1) is 27.1. The quantitative estimate of drug-likeness (QED) is 0.104. The van der Waals surface area contributed by atoms with Crippen LogP contribution in [0.4, 0.5) is 0 Å². The van der Waals surface area contributed by atoms with Crippen molar-refractivity contribution in [2.24, 2.45) is 0 Å². The fraction of sp³-hybridized carbons (Fsp3) is 0.294. The fourth-order valence-corrected chi connectivity index (χ4v) is 4.75. The average Bonchev–Trinajstić information content (AvgIpc) is 2.98. The molecular formula is C34H38N2O2+2. The first-order valence-electron chi connectivity index (χ1n) is 13.9. The van der Waals surface area contributed by atoms with E-state index in [0.29, 0.717) is 0 Å². The number of unbranched alkanes of at least 4 members (excludes halogenated alkanes) is 7. The largest absolute Gasteiger partial charge is 0.288 e. The zero-order valence-electron chi connectivity index (χ0n) is 22.2. The summed E-state index contributed by atoms with van der Waals surface area (Å²) in [4.78, 5) is 25.3. The van der Waals surface area contributed by atoms with E-state index in [1.165, 1.54) is 38.5 Å². The molecule has 0 N–H and O–H groups in total. The Labute approximate surface area is 226 Å². The summed E-state index contributed by atoms with van der Waals surface area (Å²) >= 11 is 0. The van der Waals surface area contributed by atoms with Gasteiger partial charge in [-0.2, -0.15) is 0 Å². The number of hydrogen-bond acceptors (Lipinski definition) is 2. The van der Waals surface area contributed by atoms with Crippen molar-refractivity contribution < 1.29 is 18.7 Å². The van der Waals surface area contributed by atoms with E-state index in [0.717, 1.165) is 48.2 Å². The number of hydrogen-bond donors (Lipinski definition) is 0. The number of rotatable bonds is 15. The highest BCUT2D eigenvalue weighted by molar-refractivity contribution is 6.09. The Balaban J connectivity index is 1.07. The first-order valence-corrected chi connectivity index (χ1v) is 13.9. The maximum absolute atomic E-state index is 12.7. The van der Waals surface area contributed by atoms with Crippen LogP contribution in [0.2, 0.25) is 0 Å². The number of nitrogens with zero attached hydrogens (tertiary/aromatic N) is 2. The second kappa shape index (κ2) is 14.7. The molecule has 2 aromatic carbocycles. The first-order chi connectivity index (χ1) is 18.7. The molecule has 4 rings (SSSR count). The van der Waals surface area contributed by atoms with Gasteiger partial charge in [0.15, 0.2) is 36.4 Å². The Morgan fingerprint density at radius 2 is 0.763 bits per heavy atom. The SMILES string of the molecule is O=C(c1ccccc1)c1ccc[n+](CCCCCCCCCC[n+]2cccc(C(=O)c3ccccc3)c2)c1. The van der Waals surface area contributed by atoms with E-state index in [1.54, 1.807) is 0 Å². The molecule has 0 fully saturated rings. The summed E-state index contributed by atoms with van der Waals surface area (Å²) in [5.74, 6) is 0.151. The lowest BCUT2D eigenvalue weighted by atomic mass is 10.0. The molecule has 4 nitrogen and oxygen atoms in total. The molecular weight excluding hydrogens is 468 g/mol. The van der Waals surface area contributed by atoms with Gasteiger partial charge in [0.05, 0.1) is 11.1 Å². The van der Waals surface area contributed by atoms with Crippen LogP contribution < -0.4 is 9.13 Å². The van der Waals surface area contributed by atoms with Crippen molar-refractivity contribution in [2.75, 3.05) is 0 Å². The van der Waals surface area contributed by atoms with E-state index >= 15 is 0 Å². The van der Waals surface area contributed by atoms with Gasteiger partial charge >= 0.3 is 0 Å². The van der Waals surface area contributed by atoms with E-state index in [-0.39, 0.29) is 11.6 Å². The summed E-state index contributed by atoms with van der Waals surface area (Å²) in [7, 11) is 0. The average molecular weight is 507 g/mol. The molecule has 194 valence electrons. The van der Waals surface area contributed by atoms with Crippen LogP contribution in [0.5, 0.6) is 0 Å². The topological polar surface area (TPSA) is 41.9 Å². The molecule has 2 heterocycles. The molecule has 4 heteroatoms.